The number of aliphatic hydroxyl groups excluding tert-OH is 1. The highest BCUT2D eigenvalue weighted by atomic mass is 16.3. The zero-order chi connectivity index (χ0) is 12.3. The quantitative estimate of drug-likeness (QED) is 0.750. The number of rotatable bonds is 5. The Bertz CT molecular complexity index is 385. The van der Waals surface area contributed by atoms with Gasteiger partial charge in [-0.05, 0) is 18.8 Å². The lowest BCUT2D eigenvalue weighted by Crippen LogP contribution is -2.29. The summed E-state index contributed by atoms with van der Waals surface area (Å²) >= 11 is 0. The molecule has 1 aromatic heterocycles. The van der Waals surface area contributed by atoms with Crippen LogP contribution in [0.1, 0.15) is 31.5 Å². The average molecular weight is 238 g/mol. The molecule has 0 saturated heterocycles. The van der Waals surface area contributed by atoms with Crippen LogP contribution in [0.25, 0.3) is 0 Å². The number of hydrogen-bond donors (Lipinski definition) is 2. The van der Waals surface area contributed by atoms with Crippen LogP contribution in [0, 0.1) is 5.92 Å². The molecule has 17 heavy (non-hydrogen) atoms. The van der Waals surface area contributed by atoms with Gasteiger partial charge in [0.15, 0.2) is 0 Å². The van der Waals surface area contributed by atoms with Crippen LogP contribution >= 0.6 is 0 Å². The van der Waals surface area contributed by atoms with Gasteiger partial charge in [0.2, 0.25) is 5.91 Å². The Morgan fingerprint density at radius 1 is 1.65 bits per heavy atom. The Morgan fingerprint density at radius 3 is 3.06 bits per heavy atom. The second kappa shape index (κ2) is 5.27. The number of amides is 1. The highest BCUT2D eigenvalue weighted by molar-refractivity contribution is 5.72. The molecule has 1 aromatic rings. The number of hydrogen-bond acceptors (Lipinski definition) is 4. The summed E-state index contributed by atoms with van der Waals surface area (Å²) in [5.74, 6) is 0.397. The fourth-order valence-electron chi connectivity index (χ4n) is 2.04. The van der Waals surface area contributed by atoms with E-state index < -0.39 is 0 Å². The second-order valence-corrected chi connectivity index (χ2v) is 4.60. The van der Waals surface area contributed by atoms with E-state index in [2.05, 4.69) is 15.6 Å². The Balaban J connectivity index is 1.78. The van der Waals surface area contributed by atoms with Gasteiger partial charge >= 0.3 is 0 Å². The van der Waals surface area contributed by atoms with Gasteiger partial charge in [-0.25, -0.2) is 4.68 Å². The van der Waals surface area contributed by atoms with E-state index in [1.165, 1.54) is 6.92 Å². The molecule has 0 spiro atoms. The molecule has 0 aromatic carbocycles. The van der Waals surface area contributed by atoms with Crippen molar-refractivity contribution in [2.24, 2.45) is 5.92 Å². The zero-order valence-corrected chi connectivity index (χ0v) is 9.96. The van der Waals surface area contributed by atoms with E-state index in [0.29, 0.717) is 24.9 Å². The van der Waals surface area contributed by atoms with Crippen LogP contribution in [0.4, 0.5) is 0 Å². The van der Waals surface area contributed by atoms with Crippen LogP contribution in [0.5, 0.6) is 0 Å². The van der Waals surface area contributed by atoms with Crippen molar-refractivity contribution in [1.29, 1.82) is 0 Å². The molecule has 1 fully saturated rings. The molecule has 1 amide bonds. The maximum atomic E-state index is 10.7. The first-order valence-electron chi connectivity index (χ1n) is 5.95. The minimum atomic E-state index is -0.0258. The first kappa shape index (κ1) is 12.0. The fourth-order valence-corrected chi connectivity index (χ4v) is 2.04. The van der Waals surface area contributed by atoms with Gasteiger partial charge in [-0.1, -0.05) is 5.21 Å². The van der Waals surface area contributed by atoms with E-state index >= 15 is 0 Å². The van der Waals surface area contributed by atoms with Crippen LogP contribution in [-0.2, 0) is 11.2 Å². The molecule has 2 N–H and O–H groups in total. The van der Waals surface area contributed by atoms with E-state index in [4.69, 9.17) is 5.11 Å². The molecule has 0 atom stereocenters. The standard InChI is InChI=1S/C11H18N4O2/c1-8(17)12-3-2-10-6-15(14-13-10)11-4-9(5-11)7-16/h6,9,11,16H,2-5,7H2,1H3,(H,12,17). The van der Waals surface area contributed by atoms with Crippen molar-refractivity contribution in [1.82, 2.24) is 20.3 Å². The smallest absolute Gasteiger partial charge is 0.216 e. The summed E-state index contributed by atoms with van der Waals surface area (Å²) in [5, 5.41) is 19.8. The van der Waals surface area contributed by atoms with E-state index in [9.17, 15) is 4.79 Å². The molecule has 0 bridgehead atoms. The number of carbonyl (C=O) groups excluding carboxylic acids is 1. The first-order chi connectivity index (χ1) is 8.19. The van der Waals surface area contributed by atoms with Crippen molar-refractivity contribution in [3.8, 4) is 0 Å². The molecule has 2 rings (SSSR count). The monoisotopic (exact) mass is 238 g/mol. The fraction of sp³-hybridized carbons (Fsp3) is 0.727. The molecular weight excluding hydrogens is 220 g/mol. The maximum Gasteiger partial charge on any atom is 0.216 e. The van der Waals surface area contributed by atoms with Gasteiger partial charge in [-0.2, -0.15) is 0 Å². The number of aromatic nitrogens is 3. The van der Waals surface area contributed by atoms with Crippen LogP contribution in [0.15, 0.2) is 6.20 Å². The molecule has 6 nitrogen and oxygen atoms in total. The van der Waals surface area contributed by atoms with E-state index in [1.807, 2.05) is 10.9 Å². The van der Waals surface area contributed by atoms with Crippen LogP contribution < -0.4 is 5.32 Å². The lowest BCUT2D eigenvalue weighted by atomic mass is 9.81. The lowest BCUT2D eigenvalue weighted by molar-refractivity contribution is -0.118. The topological polar surface area (TPSA) is 80.0 Å². The average Bonchev–Trinajstić information content (AvgIpc) is 2.64. The van der Waals surface area contributed by atoms with Gasteiger partial charge in [-0.15, -0.1) is 5.10 Å². The molecule has 1 aliphatic carbocycles. The van der Waals surface area contributed by atoms with Gasteiger partial charge in [0, 0.05) is 32.7 Å². The molecule has 1 heterocycles. The highest BCUT2D eigenvalue weighted by Gasteiger charge is 2.30. The van der Waals surface area contributed by atoms with Crippen LogP contribution in [0.3, 0.4) is 0 Å². The lowest BCUT2D eigenvalue weighted by Gasteiger charge is -2.33. The zero-order valence-electron chi connectivity index (χ0n) is 9.96. The van der Waals surface area contributed by atoms with Gasteiger partial charge < -0.3 is 10.4 Å². The van der Waals surface area contributed by atoms with Crippen molar-refractivity contribution in [3.05, 3.63) is 11.9 Å². The maximum absolute atomic E-state index is 10.7. The molecule has 0 aliphatic heterocycles. The summed E-state index contributed by atoms with van der Waals surface area (Å²) in [5.41, 5.74) is 0.895. The van der Waals surface area contributed by atoms with E-state index in [0.717, 1.165) is 18.5 Å². The van der Waals surface area contributed by atoms with Crippen LogP contribution in [-0.4, -0.2) is 39.2 Å². The summed E-state index contributed by atoms with van der Waals surface area (Å²) in [7, 11) is 0. The molecule has 94 valence electrons. The largest absolute Gasteiger partial charge is 0.396 e. The first-order valence-corrected chi connectivity index (χ1v) is 5.95. The Labute approximate surface area is 100 Å². The number of aliphatic hydroxyl groups is 1. The third-order valence-corrected chi connectivity index (χ3v) is 3.16. The minimum absolute atomic E-state index is 0.0258. The van der Waals surface area contributed by atoms with Crippen molar-refractivity contribution in [3.63, 3.8) is 0 Å². The highest BCUT2D eigenvalue weighted by Crippen LogP contribution is 2.36. The van der Waals surface area contributed by atoms with Crippen molar-refractivity contribution >= 4 is 5.91 Å². The van der Waals surface area contributed by atoms with Gasteiger partial charge in [0.25, 0.3) is 0 Å². The number of nitrogens with zero attached hydrogens (tertiary/aromatic N) is 3. The molecule has 0 unspecified atom stereocenters. The minimum Gasteiger partial charge on any atom is -0.396 e. The second-order valence-electron chi connectivity index (χ2n) is 4.60. The van der Waals surface area contributed by atoms with Crippen molar-refractivity contribution in [2.75, 3.05) is 13.2 Å². The Hall–Kier alpha value is -1.43. The third-order valence-electron chi connectivity index (χ3n) is 3.16. The van der Waals surface area contributed by atoms with Gasteiger partial charge in [-0.3, -0.25) is 4.79 Å². The Kier molecular flexibility index (Phi) is 3.73. The summed E-state index contributed by atoms with van der Waals surface area (Å²) < 4.78 is 1.87. The SMILES string of the molecule is CC(=O)NCCc1cn(C2CC(CO)C2)nn1. The van der Waals surface area contributed by atoms with Gasteiger partial charge in [0.05, 0.1) is 11.7 Å². The number of nitrogens with one attached hydrogen (secondary N) is 1. The predicted octanol–water partition coefficient (Wildman–Crippen LogP) is -0.0999. The van der Waals surface area contributed by atoms with E-state index in [1.54, 1.807) is 0 Å². The molecular formula is C11H18N4O2. The summed E-state index contributed by atoms with van der Waals surface area (Å²) in [6.07, 6.45) is 4.59. The number of carbonyl (C=O) groups is 1. The third kappa shape index (κ3) is 3.03. The Morgan fingerprint density at radius 2 is 2.41 bits per heavy atom. The summed E-state index contributed by atoms with van der Waals surface area (Å²) in [4.78, 5) is 10.7. The summed E-state index contributed by atoms with van der Waals surface area (Å²) in [6.45, 7) is 2.36. The molecule has 1 saturated carbocycles. The van der Waals surface area contributed by atoms with Crippen LogP contribution in [0.2, 0.25) is 0 Å². The van der Waals surface area contributed by atoms with Crippen molar-refractivity contribution < 1.29 is 9.90 Å². The predicted molar refractivity (Wildman–Crippen MR) is 61.3 cm³/mol. The normalized spacial score (nSPS) is 23.2. The molecule has 6 heteroatoms. The summed E-state index contributed by atoms with van der Waals surface area (Å²) in [6, 6.07) is 0.383. The molecule has 0 radical (unpaired) electrons. The molecule has 1 aliphatic rings. The van der Waals surface area contributed by atoms with E-state index in [-0.39, 0.29) is 12.5 Å². The van der Waals surface area contributed by atoms with Gasteiger partial charge in [0.1, 0.15) is 0 Å². The van der Waals surface area contributed by atoms with Crippen molar-refractivity contribution in [2.45, 2.75) is 32.2 Å².